The van der Waals surface area contributed by atoms with Crippen molar-refractivity contribution in [2.75, 3.05) is 19.6 Å². The third-order valence-electron chi connectivity index (χ3n) is 6.63. The van der Waals surface area contributed by atoms with E-state index in [1.807, 2.05) is 12.3 Å². The van der Waals surface area contributed by atoms with E-state index in [4.69, 9.17) is 0 Å². The quantitative estimate of drug-likeness (QED) is 0.498. The summed E-state index contributed by atoms with van der Waals surface area (Å²) in [6.07, 6.45) is 5.23. The predicted molar refractivity (Wildman–Crippen MR) is 120 cm³/mol. The van der Waals surface area contributed by atoms with E-state index in [9.17, 15) is 9.18 Å². The van der Waals surface area contributed by atoms with Crippen LogP contribution in [0.4, 0.5) is 4.39 Å². The number of piperidine rings is 1. The lowest BCUT2D eigenvalue weighted by Crippen LogP contribution is -2.43. The minimum Gasteiger partial charge on any atom is -0.310 e. The zero-order chi connectivity index (χ0) is 21.7. The highest BCUT2D eigenvalue weighted by Crippen LogP contribution is 2.34. The molecule has 6 rings (SSSR count). The maximum absolute atomic E-state index is 14.7. The first-order valence-corrected chi connectivity index (χ1v) is 11.6. The fourth-order valence-corrected chi connectivity index (χ4v) is 5.51. The van der Waals surface area contributed by atoms with Gasteiger partial charge in [0.25, 0.3) is 5.56 Å². The summed E-state index contributed by atoms with van der Waals surface area (Å²) in [6, 6.07) is 5.68. The first-order valence-electron chi connectivity index (χ1n) is 10.9. The first-order chi connectivity index (χ1) is 15.7. The monoisotopic (exact) mass is 451 g/mol. The van der Waals surface area contributed by atoms with Gasteiger partial charge in [0.05, 0.1) is 17.2 Å². The van der Waals surface area contributed by atoms with Crippen LogP contribution in [0.1, 0.15) is 29.9 Å². The Morgan fingerprint density at radius 2 is 2.03 bits per heavy atom. The third-order valence-corrected chi connectivity index (χ3v) is 7.28. The Morgan fingerprint density at radius 1 is 1.16 bits per heavy atom. The number of nitrogens with one attached hydrogen (secondary N) is 1. The Morgan fingerprint density at radius 3 is 2.91 bits per heavy atom. The molecular weight excluding hydrogens is 429 g/mol. The van der Waals surface area contributed by atoms with Gasteiger partial charge in [-0.15, -0.1) is 5.10 Å². The van der Waals surface area contributed by atoms with Crippen molar-refractivity contribution in [2.45, 2.75) is 37.9 Å². The number of halogens is 1. The van der Waals surface area contributed by atoms with E-state index in [0.717, 1.165) is 54.9 Å². The molecule has 0 spiro atoms. The molecule has 0 radical (unpaired) electrons. The van der Waals surface area contributed by atoms with Crippen LogP contribution >= 0.6 is 11.5 Å². The predicted octanol–water partition coefficient (Wildman–Crippen LogP) is 2.29. The van der Waals surface area contributed by atoms with Gasteiger partial charge in [-0.1, -0.05) is 4.49 Å². The summed E-state index contributed by atoms with van der Waals surface area (Å²) in [5, 5.41) is 7.72. The molecule has 6 heterocycles. The zero-order valence-electron chi connectivity index (χ0n) is 17.4. The third kappa shape index (κ3) is 3.48. The van der Waals surface area contributed by atoms with Crippen molar-refractivity contribution in [3.63, 3.8) is 0 Å². The fourth-order valence-electron chi connectivity index (χ4n) is 5.01. The smallest absolute Gasteiger partial charge is 0.251 e. The average Bonchev–Trinajstić information content (AvgIpc) is 3.43. The average molecular weight is 452 g/mol. The summed E-state index contributed by atoms with van der Waals surface area (Å²) in [5.74, 6) is -0.332. The van der Waals surface area contributed by atoms with Crippen LogP contribution in [0.5, 0.6) is 0 Å². The van der Waals surface area contributed by atoms with Gasteiger partial charge in [-0.25, -0.2) is 9.37 Å². The van der Waals surface area contributed by atoms with Crippen molar-refractivity contribution < 1.29 is 4.39 Å². The molecule has 2 aliphatic rings. The molecule has 1 fully saturated rings. The number of rotatable bonds is 5. The Hall–Kier alpha value is -2.82. The second kappa shape index (κ2) is 7.95. The van der Waals surface area contributed by atoms with Gasteiger partial charge in [0.1, 0.15) is 11.3 Å². The number of hydrogen-bond acceptors (Lipinski definition) is 8. The molecule has 1 N–H and O–H groups in total. The summed E-state index contributed by atoms with van der Waals surface area (Å²) < 4.78 is 20.3. The summed E-state index contributed by atoms with van der Waals surface area (Å²) in [5.41, 5.74) is 3.87. The molecule has 0 unspecified atom stereocenters. The minimum atomic E-state index is -0.309. The standard InChI is InChI=1S/C22H22FN7OS/c23-16-10-25-17-1-2-19(31)30-12-14(20(16)21(17)30)11-29-5-3-15(4-6-29)24-8-13-7-18-22(26-9-13)32-28-27-18/h1-2,7,9-10,14-15,24H,3-6,8,11-12H2/t14-/m1/s1. The summed E-state index contributed by atoms with van der Waals surface area (Å²) in [4.78, 5) is 24.1. The van der Waals surface area contributed by atoms with Gasteiger partial charge in [-0.2, -0.15) is 0 Å². The number of likely N-dealkylation sites (tertiary alicyclic amines) is 1. The summed E-state index contributed by atoms with van der Waals surface area (Å²) in [7, 11) is 0. The van der Waals surface area contributed by atoms with Gasteiger partial charge in [0.15, 0.2) is 4.83 Å². The highest BCUT2D eigenvalue weighted by atomic mass is 32.1. The molecule has 0 saturated carbocycles. The SMILES string of the molecule is O=c1ccc2ncc(F)c3c2n1C[C@H]3CN1CCC(NCc2cnc3snnc3c2)CC1. The highest BCUT2D eigenvalue weighted by molar-refractivity contribution is 7.12. The molecule has 1 atom stereocenters. The molecule has 0 aliphatic carbocycles. The molecule has 164 valence electrons. The van der Waals surface area contributed by atoms with Crippen LogP contribution in [0.3, 0.4) is 0 Å². The summed E-state index contributed by atoms with van der Waals surface area (Å²) in [6.45, 7) is 3.92. The summed E-state index contributed by atoms with van der Waals surface area (Å²) >= 11 is 1.31. The van der Waals surface area contributed by atoms with Crippen molar-refractivity contribution in [2.24, 2.45) is 0 Å². The van der Waals surface area contributed by atoms with Gasteiger partial charge in [-0.05, 0) is 43.6 Å². The number of pyridine rings is 3. The van der Waals surface area contributed by atoms with Crippen molar-refractivity contribution in [3.8, 4) is 0 Å². The molecule has 1 saturated heterocycles. The molecule has 4 aromatic heterocycles. The molecule has 0 bridgehead atoms. The van der Waals surface area contributed by atoms with Crippen LogP contribution in [0.2, 0.25) is 0 Å². The molecule has 32 heavy (non-hydrogen) atoms. The Balaban J connectivity index is 1.08. The Kier molecular flexibility index (Phi) is 4.93. The molecule has 2 aliphatic heterocycles. The molecule has 4 aromatic rings. The number of hydrogen-bond donors (Lipinski definition) is 1. The lowest BCUT2D eigenvalue weighted by atomic mass is 9.98. The maximum Gasteiger partial charge on any atom is 0.251 e. The Bertz CT molecular complexity index is 1360. The molecule has 0 amide bonds. The van der Waals surface area contributed by atoms with Crippen LogP contribution in [0.25, 0.3) is 21.4 Å². The maximum atomic E-state index is 14.7. The van der Waals surface area contributed by atoms with E-state index in [1.165, 1.54) is 23.8 Å². The fraction of sp³-hybridized carbons (Fsp3) is 0.409. The van der Waals surface area contributed by atoms with E-state index >= 15 is 0 Å². The lowest BCUT2D eigenvalue weighted by Gasteiger charge is -2.34. The molecular formula is C22H22FN7OS. The van der Waals surface area contributed by atoms with Crippen molar-refractivity contribution in [3.05, 3.63) is 57.9 Å². The van der Waals surface area contributed by atoms with Gasteiger partial charge >= 0.3 is 0 Å². The van der Waals surface area contributed by atoms with Crippen LogP contribution in [-0.2, 0) is 13.1 Å². The molecule has 8 nitrogen and oxygen atoms in total. The van der Waals surface area contributed by atoms with E-state index in [-0.39, 0.29) is 17.3 Å². The van der Waals surface area contributed by atoms with E-state index in [1.54, 1.807) is 10.6 Å². The van der Waals surface area contributed by atoms with Crippen molar-refractivity contribution in [1.29, 1.82) is 0 Å². The lowest BCUT2D eigenvalue weighted by molar-refractivity contribution is 0.184. The normalized spacial score (nSPS) is 19.3. The molecule has 0 aromatic carbocycles. The Labute approximate surface area is 187 Å². The second-order valence-electron chi connectivity index (χ2n) is 8.63. The van der Waals surface area contributed by atoms with E-state index in [2.05, 4.69) is 29.8 Å². The highest BCUT2D eigenvalue weighted by Gasteiger charge is 2.31. The van der Waals surface area contributed by atoms with E-state index < -0.39 is 0 Å². The van der Waals surface area contributed by atoms with Crippen LogP contribution in [-0.4, -0.2) is 54.7 Å². The largest absolute Gasteiger partial charge is 0.310 e. The van der Waals surface area contributed by atoms with Crippen molar-refractivity contribution >= 4 is 32.9 Å². The van der Waals surface area contributed by atoms with Crippen LogP contribution < -0.4 is 10.9 Å². The second-order valence-corrected chi connectivity index (χ2v) is 9.36. The van der Waals surface area contributed by atoms with Gasteiger partial charge in [0.2, 0.25) is 0 Å². The topological polar surface area (TPSA) is 88.8 Å². The number of fused-ring (bicyclic) bond motifs is 1. The first kappa shape index (κ1) is 19.8. The van der Waals surface area contributed by atoms with Crippen LogP contribution in [0.15, 0.2) is 35.4 Å². The van der Waals surface area contributed by atoms with Gasteiger partial charge in [0, 0.05) is 61.0 Å². The zero-order valence-corrected chi connectivity index (χ0v) is 18.2. The number of aromatic nitrogens is 5. The minimum absolute atomic E-state index is 0.0235. The van der Waals surface area contributed by atoms with Crippen LogP contribution in [0, 0.1) is 5.82 Å². The number of nitrogens with zero attached hydrogens (tertiary/aromatic N) is 6. The molecule has 10 heteroatoms. The van der Waals surface area contributed by atoms with Gasteiger partial charge in [-0.3, -0.25) is 9.78 Å². The van der Waals surface area contributed by atoms with Crippen molar-refractivity contribution in [1.82, 2.24) is 34.3 Å². The van der Waals surface area contributed by atoms with Gasteiger partial charge < -0.3 is 14.8 Å². The van der Waals surface area contributed by atoms with E-state index in [0.29, 0.717) is 29.2 Å².